The molecule has 1 amide bonds. The average Bonchev–Trinajstić information content (AvgIpc) is 3.07. The molecule has 0 bridgehead atoms. The van der Waals surface area contributed by atoms with Gasteiger partial charge < -0.3 is 9.30 Å². The second-order valence-electron chi connectivity index (χ2n) is 10.0. The standard InChI is InChI=1S/C28H29ClN4O2/c1-28(2,3)35-27(34)33(20-11-8-12-20)21-15-13-18(14-16-21)23-24-22(17-30-26(29)31-24)32(4)25(23)19-9-6-5-7-10-19/h5-7,9-10,13-17,20H,8,11-12H2,1-4H3. The SMILES string of the molecule is Cn1c(-c2ccccc2)c(-c2ccc(N(C(=O)OC(C)(C)C)C3CCC3)cc2)c2nc(Cl)ncc21. The molecule has 7 heteroatoms. The molecule has 1 aliphatic carbocycles. The number of aryl methyl sites for hydroxylation is 1. The van der Waals surface area contributed by atoms with Gasteiger partial charge in [0.05, 0.1) is 17.4 Å². The number of carbonyl (C=O) groups is 1. The van der Waals surface area contributed by atoms with Crippen LogP contribution in [0.1, 0.15) is 40.0 Å². The van der Waals surface area contributed by atoms with Crippen molar-refractivity contribution >= 4 is 34.4 Å². The van der Waals surface area contributed by atoms with Gasteiger partial charge in [0, 0.05) is 24.3 Å². The van der Waals surface area contributed by atoms with Gasteiger partial charge in [0.15, 0.2) is 0 Å². The molecule has 0 aliphatic heterocycles. The highest BCUT2D eigenvalue weighted by molar-refractivity contribution is 6.28. The zero-order valence-electron chi connectivity index (χ0n) is 20.5. The van der Waals surface area contributed by atoms with Gasteiger partial charge in [-0.1, -0.05) is 42.5 Å². The van der Waals surface area contributed by atoms with Crippen molar-refractivity contribution in [2.24, 2.45) is 7.05 Å². The number of hydrogen-bond acceptors (Lipinski definition) is 4. The summed E-state index contributed by atoms with van der Waals surface area (Å²) < 4.78 is 7.83. The smallest absolute Gasteiger partial charge is 0.415 e. The van der Waals surface area contributed by atoms with E-state index in [1.807, 2.05) is 70.3 Å². The van der Waals surface area contributed by atoms with Crippen molar-refractivity contribution in [1.82, 2.24) is 14.5 Å². The maximum atomic E-state index is 13.1. The Labute approximate surface area is 210 Å². The Morgan fingerprint density at radius 1 is 1.06 bits per heavy atom. The van der Waals surface area contributed by atoms with E-state index < -0.39 is 5.60 Å². The molecule has 0 atom stereocenters. The highest BCUT2D eigenvalue weighted by Gasteiger charge is 2.33. The van der Waals surface area contributed by atoms with Gasteiger partial charge in [-0.2, -0.15) is 0 Å². The molecule has 180 valence electrons. The third-order valence-corrected chi connectivity index (χ3v) is 6.60. The summed E-state index contributed by atoms with van der Waals surface area (Å²) >= 11 is 6.21. The number of fused-ring (bicyclic) bond motifs is 1. The first kappa shape index (κ1) is 23.4. The lowest BCUT2D eigenvalue weighted by molar-refractivity contribution is 0.0549. The molecule has 1 aliphatic rings. The number of halogens is 1. The quantitative estimate of drug-likeness (QED) is 0.284. The lowest BCUT2D eigenvalue weighted by atomic mass is 9.91. The number of hydrogen-bond donors (Lipinski definition) is 0. The van der Waals surface area contributed by atoms with E-state index in [0.29, 0.717) is 0 Å². The molecular weight excluding hydrogens is 460 g/mol. The number of ether oxygens (including phenoxy) is 1. The molecule has 2 heterocycles. The van der Waals surface area contributed by atoms with Crippen LogP contribution in [-0.2, 0) is 11.8 Å². The highest BCUT2D eigenvalue weighted by Crippen LogP contribution is 2.40. The Morgan fingerprint density at radius 2 is 1.74 bits per heavy atom. The topological polar surface area (TPSA) is 60.2 Å². The van der Waals surface area contributed by atoms with Gasteiger partial charge in [-0.05, 0) is 74.9 Å². The first-order chi connectivity index (χ1) is 16.7. The Bertz CT molecular complexity index is 1370. The van der Waals surface area contributed by atoms with E-state index in [-0.39, 0.29) is 17.4 Å². The summed E-state index contributed by atoms with van der Waals surface area (Å²) in [5, 5.41) is 0.210. The molecule has 4 aromatic rings. The third-order valence-electron chi connectivity index (χ3n) is 6.42. The molecular formula is C28H29ClN4O2. The van der Waals surface area contributed by atoms with Crippen LogP contribution < -0.4 is 4.90 Å². The number of benzene rings is 2. The minimum Gasteiger partial charge on any atom is -0.443 e. The van der Waals surface area contributed by atoms with Crippen LogP contribution >= 0.6 is 11.6 Å². The van der Waals surface area contributed by atoms with Crippen molar-refractivity contribution in [3.8, 4) is 22.4 Å². The van der Waals surface area contributed by atoms with E-state index in [1.54, 1.807) is 11.1 Å². The van der Waals surface area contributed by atoms with E-state index in [0.717, 1.165) is 58.4 Å². The van der Waals surface area contributed by atoms with Gasteiger partial charge in [-0.25, -0.2) is 14.8 Å². The lowest BCUT2D eigenvalue weighted by Gasteiger charge is -2.38. The van der Waals surface area contributed by atoms with Crippen molar-refractivity contribution in [3.63, 3.8) is 0 Å². The van der Waals surface area contributed by atoms with Crippen molar-refractivity contribution in [3.05, 3.63) is 66.1 Å². The zero-order valence-corrected chi connectivity index (χ0v) is 21.2. The Kier molecular flexibility index (Phi) is 6.01. The Balaban J connectivity index is 1.61. The molecule has 0 N–H and O–H groups in total. The molecule has 1 saturated carbocycles. The summed E-state index contributed by atoms with van der Waals surface area (Å²) in [7, 11) is 2.01. The fourth-order valence-corrected chi connectivity index (χ4v) is 4.73. The molecule has 35 heavy (non-hydrogen) atoms. The Hall–Kier alpha value is -3.38. The van der Waals surface area contributed by atoms with Crippen molar-refractivity contribution in [1.29, 1.82) is 0 Å². The lowest BCUT2D eigenvalue weighted by Crippen LogP contribution is -2.46. The minimum atomic E-state index is -0.550. The van der Waals surface area contributed by atoms with Gasteiger partial charge in [0.25, 0.3) is 0 Å². The van der Waals surface area contributed by atoms with E-state index in [2.05, 4.69) is 26.7 Å². The van der Waals surface area contributed by atoms with Crippen LogP contribution in [-0.4, -0.2) is 32.3 Å². The van der Waals surface area contributed by atoms with E-state index in [1.165, 1.54) is 0 Å². The van der Waals surface area contributed by atoms with Crippen LogP contribution in [0, 0.1) is 0 Å². The fourth-order valence-electron chi connectivity index (χ4n) is 4.60. The van der Waals surface area contributed by atoms with Crippen LogP contribution in [0.2, 0.25) is 5.28 Å². The van der Waals surface area contributed by atoms with Gasteiger partial charge in [-0.3, -0.25) is 4.90 Å². The number of amides is 1. The number of carbonyl (C=O) groups excluding carboxylic acids is 1. The molecule has 0 unspecified atom stereocenters. The monoisotopic (exact) mass is 488 g/mol. The fraction of sp³-hybridized carbons (Fsp3) is 0.321. The molecule has 0 radical (unpaired) electrons. The molecule has 0 spiro atoms. The molecule has 0 saturated heterocycles. The van der Waals surface area contributed by atoms with E-state index >= 15 is 0 Å². The van der Waals surface area contributed by atoms with Gasteiger partial charge in [0.1, 0.15) is 11.1 Å². The second-order valence-corrected chi connectivity index (χ2v) is 10.3. The first-order valence-corrected chi connectivity index (χ1v) is 12.3. The minimum absolute atomic E-state index is 0.166. The molecule has 2 aromatic carbocycles. The normalized spacial score (nSPS) is 14.1. The predicted molar refractivity (Wildman–Crippen MR) is 141 cm³/mol. The largest absolute Gasteiger partial charge is 0.443 e. The second kappa shape index (κ2) is 9.00. The van der Waals surface area contributed by atoms with Crippen LogP contribution in [0.25, 0.3) is 33.4 Å². The number of nitrogens with zero attached hydrogens (tertiary/aromatic N) is 4. The summed E-state index contributed by atoms with van der Waals surface area (Å²) in [4.78, 5) is 23.7. The number of aromatic nitrogens is 3. The maximum absolute atomic E-state index is 13.1. The molecule has 6 nitrogen and oxygen atoms in total. The third kappa shape index (κ3) is 4.50. The summed E-state index contributed by atoms with van der Waals surface area (Å²) in [6.45, 7) is 5.68. The first-order valence-electron chi connectivity index (χ1n) is 11.9. The van der Waals surface area contributed by atoms with Crippen molar-refractivity contribution in [2.75, 3.05) is 4.90 Å². The van der Waals surface area contributed by atoms with Crippen LogP contribution in [0.15, 0.2) is 60.8 Å². The van der Waals surface area contributed by atoms with E-state index in [9.17, 15) is 4.79 Å². The summed E-state index contributed by atoms with van der Waals surface area (Å²) in [6.07, 6.45) is 4.55. The van der Waals surface area contributed by atoms with Gasteiger partial charge in [-0.15, -0.1) is 0 Å². The predicted octanol–water partition coefficient (Wildman–Crippen LogP) is 7.25. The summed E-state index contributed by atoms with van der Waals surface area (Å²) in [6, 6.07) is 18.5. The van der Waals surface area contributed by atoms with Crippen LogP contribution in [0.5, 0.6) is 0 Å². The van der Waals surface area contributed by atoms with Gasteiger partial charge in [0.2, 0.25) is 5.28 Å². The summed E-state index contributed by atoms with van der Waals surface area (Å²) in [5.41, 5.74) is 6.07. The molecule has 5 rings (SSSR count). The Morgan fingerprint density at radius 3 is 2.34 bits per heavy atom. The number of anilines is 1. The van der Waals surface area contributed by atoms with Crippen molar-refractivity contribution in [2.45, 2.75) is 51.7 Å². The van der Waals surface area contributed by atoms with Crippen molar-refractivity contribution < 1.29 is 9.53 Å². The zero-order chi connectivity index (χ0) is 24.7. The molecule has 1 fully saturated rings. The number of rotatable bonds is 4. The van der Waals surface area contributed by atoms with E-state index in [4.69, 9.17) is 16.3 Å². The van der Waals surface area contributed by atoms with Gasteiger partial charge >= 0.3 is 6.09 Å². The average molecular weight is 489 g/mol. The van der Waals surface area contributed by atoms with Crippen LogP contribution in [0.3, 0.4) is 0 Å². The van der Waals surface area contributed by atoms with Crippen LogP contribution in [0.4, 0.5) is 10.5 Å². The molecule has 2 aromatic heterocycles. The highest BCUT2D eigenvalue weighted by atomic mass is 35.5. The summed E-state index contributed by atoms with van der Waals surface area (Å²) in [5.74, 6) is 0. The maximum Gasteiger partial charge on any atom is 0.415 e.